The lowest BCUT2D eigenvalue weighted by molar-refractivity contribution is -0.141. The normalized spacial score (nSPS) is 23.0. The number of amides is 4. The number of likely N-dealkylation sites (tertiary alicyclic amines) is 1. The van der Waals surface area contributed by atoms with E-state index in [0.29, 0.717) is 6.54 Å². The van der Waals surface area contributed by atoms with Crippen molar-refractivity contribution in [3.8, 4) is 0 Å². The number of fused-ring (bicyclic) bond motifs is 1. The van der Waals surface area contributed by atoms with E-state index in [9.17, 15) is 19.2 Å². The van der Waals surface area contributed by atoms with Crippen LogP contribution >= 0.6 is 0 Å². The highest BCUT2D eigenvalue weighted by Crippen LogP contribution is 2.37. The first-order valence-corrected chi connectivity index (χ1v) is 9.27. The molecule has 0 spiro atoms. The van der Waals surface area contributed by atoms with E-state index >= 15 is 0 Å². The van der Waals surface area contributed by atoms with E-state index < -0.39 is 0 Å². The van der Waals surface area contributed by atoms with Crippen molar-refractivity contribution in [2.75, 3.05) is 19.6 Å². The molecule has 4 amide bonds. The van der Waals surface area contributed by atoms with E-state index in [1.165, 1.54) is 9.80 Å². The summed E-state index contributed by atoms with van der Waals surface area (Å²) in [6.07, 6.45) is 3.59. The highest BCUT2D eigenvalue weighted by atomic mass is 16.2. The molecule has 1 N–H and O–H groups in total. The second-order valence-corrected chi connectivity index (χ2v) is 7.21. The van der Waals surface area contributed by atoms with Crippen LogP contribution in [0.2, 0.25) is 0 Å². The second kappa shape index (κ2) is 8.45. The third kappa shape index (κ3) is 4.58. The molecular formula is C18H29N3O4. The van der Waals surface area contributed by atoms with Gasteiger partial charge in [-0.15, -0.1) is 0 Å². The summed E-state index contributed by atoms with van der Waals surface area (Å²) in [5.41, 5.74) is 0. The molecule has 25 heavy (non-hydrogen) atoms. The zero-order chi connectivity index (χ0) is 18.6. The summed E-state index contributed by atoms with van der Waals surface area (Å²) in [7, 11) is 0. The number of hydrogen-bond acceptors (Lipinski definition) is 4. The van der Waals surface area contributed by atoms with Gasteiger partial charge in [-0.25, -0.2) is 0 Å². The minimum absolute atomic E-state index is 0.000651. The quantitative estimate of drug-likeness (QED) is 0.691. The molecule has 1 saturated heterocycles. The fraction of sp³-hybridized carbons (Fsp3) is 0.778. The van der Waals surface area contributed by atoms with Crippen LogP contribution < -0.4 is 5.32 Å². The van der Waals surface area contributed by atoms with Crippen LogP contribution in [-0.2, 0) is 19.2 Å². The Labute approximate surface area is 149 Å². The first kappa shape index (κ1) is 19.4. The molecule has 1 saturated carbocycles. The Morgan fingerprint density at radius 2 is 1.72 bits per heavy atom. The number of rotatable bonds is 7. The smallest absolute Gasteiger partial charge is 0.239 e. The first-order valence-electron chi connectivity index (χ1n) is 9.27. The fourth-order valence-corrected chi connectivity index (χ4v) is 3.73. The summed E-state index contributed by atoms with van der Waals surface area (Å²) in [6, 6.07) is 0.0181. The topological polar surface area (TPSA) is 86.8 Å². The zero-order valence-electron chi connectivity index (χ0n) is 15.4. The molecule has 2 rings (SSSR count). The molecule has 1 heterocycles. The molecule has 0 radical (unpaired) electrons. The minimum atomic E-state index is -0.211. The summed E-state index contributed by atoms with van der Waals surface area (Å²) < 4.78 is 0. The van der Waals surface area contributed by atoms with E-state index in [-0.39, 0.29) is 61.0 Å². The van der Waals surface area contributed by atoms with Crippen molar-refractivity contribution < 1.29 is 19.2 Å². The van der Waals surface area contributed by atoms with Crippen LogP contribution in [0.3, 0.4) is 0 Å². The van der Waals surface area contributed by atoms with Gasteiger partial charge < -0.3 is 10.2 Å². The molecule has 2 atom stereocenters. The maximum absolute atomic E-state index is 12.4. The van der Waals surface area contributed by atoms with Crippen molar-refractivity contribution in [1.29, 1.82) is 0 Å². The molecule has 0 unspecified atom stereocenters. The van der Waals surface area contributed by atoms with Crippen LogP contribution in [0.5, 0.6) is 0 Å². The number of nitrogens with one attached hydrogen (secondary N) is 1. The maximum Gasteiger partial charge on any atom is 0.239 e. The molecule has 7 heteroatoms. The number of imide groups is 1. The third-order valence-corrected chi connectivity index (χ3v) is 5.00. The molecule has 140 valence electrons. The lowest BCUT2D eigenvalue weighted by Gasteiger charge is -2.22. The van der Waals surface area contributed by atoms with Crippen molar-refractivity contribution in [3.63, 3.8) is 0 Å². The van der Waals surface area contributed by atoms with Crippen molar-refractivity contribution in [1.82, 2.24) is 15.1 Å². The molecule has 0 bridgehead atoms. The number of carbonyl (C=O) groups is 4. The Balaban J connectivity index is 1.88. The molecule has 2 aliphatic rings. The summed E-state index contributed by atoms with van der Waals surface area (Å²) in [5, 5.41) is 2.76. The number of likely N-dealkylation sites (N-methyl/N-ethyl adjacent to an activating group) is 1. The van der Waals surface area contributed by atoms with Crippen LogP contribution in [0.1, 0.15) is 52.9 Å². The Bertz CT molecular complexity index is 522. The first-order chi connectivity index (χ1) is 11.8. The highest BCUT2D eigenvalue weighted by molar-refractivity contribution is 6.05. The van der Waals surface area contributed by atoms with E-state index in [4.69, 9.17) is 0 Å². The van der Waals surface area contributed by atoms with Gasteiger partial charge in [0.25, 0.3) is 0 Å². The standard InChI is InChI=1S/C18H29N3O4/c1-4-20(11-15(22)19-12(2)3)16(23)9-10-21-17(24)13-7-5-6-8-14(13)18(21)25/h12-14H,4-11H2,1-3H3,(H,19,22)/t13-,14+. The predicted octanol–water partition coefficient (Wildman–Crippen LogP) is 0.925. The average molecular weight is 351 g/mol. The third-order valence-electron chi connectivity index (χ3n) is 5.00. The highest BCUT2D eigenvalue weighted by Gasteiger charge is 2.47. The van der Waals surface area contributed by atoms with E-state index in [1.54, 1.807) is 6.92 Å². The monoisotopic (exact) mass is 351 g/mol. The lowest BCUT2D eigenvalue weighted by atomic mass is 9.81. The maximum atomic E-state index is 12.4. The predicted molar refractivity (Wildman–Crippen MR) is 92.3 cm³/mol. The van der Waals surface area contributed by atoms with Gasteiger partial charge >= 0.3 is 0 Å². The van der Waals surface area contributed by atoms with Crippen molar-refractivity contribution in [2.24, 2.45) is 11.8 Å². The van der Waals surface area contributed by atoms with Gasteiger partial charge in [0.2, 0.25) is 23.6 Å². The molecule has 1 aliphatic carbocycles. The van der Waals surface area contributed by atoms with Gasteiger partial charge in [-0.05, 0) is 33.6 Å². The Morgan fingerprint density at radius 1 is 1.16 bits per heavy atom. The van der Waals surface area contributed by atoms with Gasteiger partial charge in [0, 0.05) is 25.6 Å². The molecular weight excluding hydrogens is 322 g/mol. The number of nitrogens with zero attached hydrogens (tertiary/aromatic N) is 2. The van der Waals surface area contributed by atoms with Crippen molar-refractivity contribution in [2.45, 2.75) is 58.9 Å². The van der Waals surface area contributed by atoms with Gasteiger partial charge in [0.15, 0.2) is 0 Å². The summed E-state index contributed by atoms with van der Waals surface area (Å²) in [5.74, 6) is -1.03. The molecule has 0 aromatic heterocycles. The average Bonchev–Trinajstić information content (AvgIpc) is 2.81. The summed E-state index contributed by atoms with van der Waals surface area (Å²) >= 11 is 0. The van der Waals surface area contributed by atoms with Crippen LogP contribution in [0.15, 0.2) is 0 Å². The zero-order valence-corrected chi connectivity index (χ0v) is 15.4. The van der Waals surface area contributed by atoms with Crippen LogP contribution in [0.4, 0.5) is 0 Å². The Hall–Kier alpha value is -1.92. The number of carbonyl (C=O) groups excluding carboxylic acids is 4. The van der Waals surface area contributed by atoms with Crippen molar-refractivity contribution >= 4 is 23.6 Å². The van der Waals surface area contributed by atoms with E-state index in [1.807, 2.05) is 13.8 Å². The van der Waals surface area contributed by atoms with E-state index in [0.717, 1.165) is 25.7 Å². The second-order valence-electron chi connectivity index (χ2n) is 7.21. The largest absolute Gasteiger partial charge is 0.352 e. The molecule has 0 aromatic carbocycles. The number of hydrogen-bond donors (Lipinski definition) is 1. The summed E-state index contributed by atoms with van der Waals surface area (Å²) in [6.45, 7) is 6.06. The lowest BCUT2D eigenvalue weighted by Crippen LogP contribution is -2.43. The SMILES string of the molecule is CCN(CC(=O)NC(C)C)C(=O)CCN1C(=O)[C@H]2CCCC[C@H]2C1=O. The molecule has 0 aromatic rings. The Morgan fingerprint density at radius 3 is 2.20 bits per heavy atom. The summed E-state index contributed by atoms with van der Waals surface area (Å²) in [4.78, 5) is 51.8. The molecule has 2 fully saturated rings. The molecule has 7 nitrogen and oxygen atoms in total. The Kier molecular flexibility index (Phi) is 6.56. The van der Waals surface area contributed by atoms with Crippen LogP contribution in [0, 0.1) is 11.8 Å². The van der Waals surface area contributed by atoms with E-state index in [2.05, 4.69) is 5.32 Å². The van der Waals surface area contributed by atoms with Gasteiger partial charge in [-0.2, -0.15) is 0 Å². The van der Waals surface area contributed by atoms with Gasteiger partial charge in [0.1, 0.15) is 0 Å². The van der Waals surface area contributed by atoms with Crippen LogP contribution in [-0.4, -0.2) is 59.1 Å². The van der Waals surface area contributed by atoms with Crippen LogP contribution in [0.25, 0.3) is 0 Å². The minimum Gasteiger partial charge on any atom is -0.352 e. The van der Waals surface area contributed by atoms with Gasteiger partial charge in [-0.3, -0.25) is 24.1 Å². The fourth-order valence-electron chi connectivity index (χ4n) is 3.73. The van der Waals surface area contributed by atoms with Gasteiger partial charge in [-0.1, -0.05) is 12.8 Å². The van der Waals surface area contributed by atoms with Crippen molar-refractivity contribution in [3.05, 3.63) is 0 Å². The molecule has 1 aliphatic heterocycles. The van der Waals surface area contributed by atoms with Gasteiger partial charge in [0.05, 0.1) is 18.4 Å².